The van der Waals surface area contributed by atoms with Gasteiger partial charge in [0.15, 0.2) is 5.75 Å². The van der Waals surface area contributed by atoms with Crippen LogP contribution in [0.1, 0.15) is 0 Å². The van der Waals surface area contributed by atoms with Gasteiger partial charge in [-0.05, 0) is 14.1 Å². The first-order valence-corrected chi connectivity index (χ1v) is 6.23. The maximum Gasteiger partial charge on any atom is 0.311 e. The van der Waals surface area contributed by atoms with E-state index in [1.165, 1.54) is 18.5 Å². The van der Waals surface area contributed by atoms with E-state index < -0.39 is 4.92 Å². The molecule has 0 aliphatic heterocycles. The number of fused-ring (bicyclic) bond motifs is 1. The van der Waals surface area contributed by atoms with Crippen LogP contribution in [0.4, 0.5) is 5.69 Å². The number of benzene rings is 1. The Morgan fingerprint density at radius 1 is 1.40 bits per heavy atom. The molecule has 2 rings (SSSR count). The van der Waals surface area contributed by atoms with Crippen molar-refractivity contribution in [2.75, 3.05) is 27.2 Å². The summed E-state index contributed by atoms with van der Waals surface area (Å²) in [5.41, 5.74) is 0.364. The van der Waals surface area contributed by atoms with Crippen molar-refractivity contribution < 1.29 is 9.66 Å². The van der Waals surface area contributed by atoms with Crippen molar-refractivity contribution >= 4 is 28.2 Å². The number of nitrogens with zero attached hydrogens (tertiary/aromatic N) is 4. The molecule has 1 heterocycles. The zero-order chi connectivity index (χ0) is 14.7. The Balaban J connectivity index is 2.41. The fourth-order valence-electron chi connectivity index (χ4n) is 1.64. The van der Waals surface area contributed by atoms with Crippen LogP contribution in [0, 0.1) is 10.1 Å². The number of rotatable bonds is 5. The van der Waals surface area contributed by atoms with Gasteiger partial charge in [0.05, 0.1) is 10.4 Å². The highest BCUT2D eigenvalue weighted by molar-refractivity contribution is 6.34. The number of aromatic nitrogens is 2. The van der Waals surface area contributed by atoms with Crippen LogP contribution in [-0.4, -0.2) is 47.0 Å². The third-order valence-electron chi connectivity index (χ3n) is 2.66. The summed E-state index contributed by atoms with van der Waals surface area (Å²) in [7, 11) is 3.79. The van der Waals surface area contributed by atoms with E-state index >= 15 is 0 Å². The molecule has 0 radical (unpaired) electrons. The highest BCUT2D eigenvalue weighted by Gasteiger charge is 2.18. The molecular weight excluding hydrogens is 284 g/mol. The highest BCUT2D eigenvalue weighted by atomic mass is 35.5. The highest BCUT2D eigenvalue weighted by Crippen LogP contribution is 2.33. The summed E-state index contributed by atoms with van der Waals surface area (Å²) in [5.74, 6) is 0.180. The van der Waals surface area contributed by atoms with E-state index in [1.54, 1.807) is 0 Å². The first-order valence-electron chi connectivity index (χ1n) is 5.85. The van der Waals surface area contributed by atoms with Crippen molar-refractivity contribution in [3.8, 4) is 5.75 Å². The Morgan fingerprint density at radius 3 is 2.80 bits per heavy atom. The molecule has 0 unspecified atom stereocenters. The summed E-state index contributed by atoms with van der Waals surface area (Å²) in [6.07, 6.45) is 1.31. The number of ether oxygens (including phenoxy) is 1. The lowest BCUT2D eigenvalue weighted by Gasteiger charge is -2.11. The Kier molecular flexibility index (Phi) is 4.31. The maximum atomic E-state index is 11.1. The molecule has 8 heteroatoms. The molecule has 1 aromatic carbocycles. The second-order valence-electron chi connectivity index (χ2n) is 4.41. The van der Waals surface area contributed by atoms with Gasteiger partial charge in [-0.25, -0.2) is 9.97 Å². The largest absolute Gasteiger partial charge is 0.485 e. The summed E-state index contributed by atoms with van der Waals surface area (Å²) < 4.78 is 5.47. The van der Waals surface area contributed by atoms with Crippen LogP contribution in [-0.2, 0) is 0 Å². The minimum absolute atomic E-state index is 0.145. The summed E-state index contributed by atoms with van der Waals surface area (Å²) in [6, 6.07) is 2.85. The van der Waals surface area contributed by atoms with Crippen LogP contribution < -0.4 is 4.74 Å². The molecule has 0 fully saturated rings. The number of nitro benzene ring substituents is 1. The van der Waals surface area contributed by atoms with E-state index in [2.05, 4.69) is 9.97 Å². The lowest BCUT2D eigenvalue weighted by atomic mass is 10.2. The predicted octanol–water partition coefficient (Wildman–Crippen LogP) is 2.13. The second-order valence-corrected chi connectivity index (χ2v) is 4.77. The average molecular weight is 297 g/mol. The lowest BCUT2D eigenvalue weighted by Crippen LogP contribution is -2.19. The summed E-state index contributed by atoms with van der Waals surface area (Å²) in [5, 5.41) is 11.7. The van der Waals surface area contributed by atoms with Gasteiger partial charge in [0.2, 0.25) is 0 Å². The van der Waals surface area contributed by atoms with Crippen molar-refractivity contribution in [2.45, 2.75) is 0 Å². The Morgan fingerprint density at radius 2 is 2.15 bits per heavy atom. The molecular formula is C12H13ClN4O3. The molecule has 106 valence electrons. The van der Waals surface area contributed by atoms with E-state index in [-0.39, 0.29) is 16.6 Å². The topological polar surface area (TPSA) is 81.4 Å². The molecule has 2 aromatic rings. The molecule has 7 nitrogen and oxygen atoms in total. The second kappa shape index (κ2) is 5.98. The van der Waals surface area contributed by atoms with Gasteiger partial charge >= 0.3 is 5.69 Å². The normalized spacial score (nSPS) is 11.0. The first-order chi connectivity index (χ1) is 9.49. The smallest absolute Gasteiger partial charge is 0.311 e. The van der Waals surface area contributed by atoms with Crippen LogP contribution >= 0.6 is 11.6 Å². The van der Waals surface area contributed by atoms with Crippen molar-refractivity contribution in [3.05, 3.63) is 33.7 Å². The van der Waals surface area contributed by atoms with E-state index in [1.807, 2.05) is 19.0 Å². The zero-order valence-corrected chi connectivity index (χ0v) is 11.8. The zero-order valence-electron chi connectivity index (χ0n) is 11.0. The molecule has 0 saturated heterocycles. The average Bonchev–Trinajstić information content (AvgIpc) is 2.37. The summed E-state index contributed by atoms with van der Waals surface area (Å²) in [4.78, 5) is 20.4. The van der Waals surface area contributed by atoms with Crippen LogP contribution in [0.15, 0.2) is 18.5 Å². The number of likely N-dealkylation sites (N-methyl/N-ethyl adjacent to an activating group) is 1. The predicted molar refractivity (Wildman–Crippen MR) is 75.3 cm³/mol. The van der Waals surface area contributed by atoms with Crippen molar-refractivity contribution in [1.82, 2.24) is 14.9 Å². The minimum Gasteiger partial charge on any atom is -0.485 e. The van der Waals surface area contributed by atoms with E-state index in [9.17, 15) is 10.1 Å². The number of hydrogen-bond acceptors (Lipinski definition) is 6. The summed E-state index contributed by atoms with van der Waals surface area (Å²) in [6.45, 7) is 0.998. The van der Waals surface area contributed by atoms with E-state index in [0.29, 0.717) is 24.1 Å². The van der Waals surface area contributed by atoms with Gasteiger partial charge in [0, 0.05) is 24.1 Å². The maximum absolute atomic E-state index is 11.1. The van der Waals surface area contributed by atoms with Gasteiger partial charge in [0.25, 0.3) is 0 Å². The number of halogens is 1. The first kappa shape index (κ1) is 14.4. The van der Waals surface area contributed by atoms with Crippen LogP contribution in [0.25, 0.3) is 10.9 Å². The molecule has 0 aliphatic carbocycles. The Labute approximate surface area is 120 Å². The van der Waals surface area contributed by atoms with Gasteiger partial charge in [-0.15, -0.1) is 0 Å². The fraction of sp³-hybridized carbons (Fsp3) is 0.333. The molecule has 0 amide bonds. The Bertz CT molecular complexity index is 648. The van der Waals surface area contributed by atoms with Gasteiger partial charge in [-0.2, -0.15) is 0 Å². The molecule has 20 heavy (non-hydrogen) atoms. The number of nitro groups is 1. The standard InChI is InChI=1S/C12H13ClN4O3/c1-16(2)3-4-20-11-6-9-8(5-10(11)17(18)19)12(13)15-7-14-9/h5-7H,3-4H2,1-2H3. The van der Waals surface area contributed by atoms with Gasteiger partial charge in [-0.1, -0.05) is 11.6 Å². The Hall–Kier alpha value is -1.99. The monoisotopic (exact) mass is 296 g/mol. The SMILES string of the molecule is CN(C)CCOc1cc2ncnc(Cl)c2cc1[N+](=O)[O-]. The minimum atomic E-state index is -0.506. The van der Waals surface area contributed by atoms with Crippen molar-refractivity contribution in [3.63, 3.8) is 0 Å². The summed E-state index contributed by atoms with van der Waals surface area (Å²) >= 11 is 5.91. The van der Waals surface area contributed by atoms with Gasteiger partial charge in [-0.3, -0.25) is 10.1 Å². The molecule has 0 aliphatic rings. The van der Waals surface area contributed by atoms with Crippen LogP contribution in [0.5, 0.6) is 5.75 Å². The van der Waals surface area contributed by atoms with E-state index in [0.717, 1.165) is 0 Å². The molecule has 0 spiro atoms. The van der Waals surface area contributed by atoms with Crippen molar-refractivity contribution in [1.29, 1.82) is 0 Å². The molecule has 1 aromatic heterocycles. The van der Waals surface area contributed by atoms with Crippen molar-refractivity contribution in [2.24, 2.45) is 0 Å². The third kappa shape index (κ3) is 3.12. The fourth-order valence-corrected chi connectivity index (χ4v) is 1.83. The molecule has 0 saturated carbocycles. The van der Waals surface area contributed by atoms with Gasteiger partial charge < -0.3 is 9.64 Å². The molecule has 0 atom stereocenters. The van der Waals surface area contributed by atoms with E-state index in [4.69, 9.17) is 16.3 Å². The number of hydrogen-bond donors (Lipinski definition) is 0. The quantitative estimate of drug-likeness (QED) is 0.477. The molecule has 0 N–H and O–H groups in total. The third-order valence-corrected chi connectivity index (χ3v) is 2.96. The van der Waals surface area contributed by atoms with Gasteiger partial charge in [0.1, 0.15) is 18.1 Å². The molecule has 0 bridgehead atoms. The van der Waals surface area contributed by atoms with Crippen LogP contribution in [0.3, 0.4) is 0 Å². The lowest BCUT2D eigenvalue weighted by molar-refractivity contribution is -0.385. The van der Waals surface area contributed by atoms with Crippen LogP contribution in [0.2, 0.25) is 5.15 Å².